The number of ketones is 1. The maximum Gasteiger partial charge on any atom is 0.263 e. The van der Waals surface area contributed by atoms with Gasteiger partial charge in [0.15, 0.2) is 0 Å². The monoisotopic (exact) mass is 258 g/mol. The molecule has 19 heavy (non-hydrogen) atoms. The first-order valence-corrected chi connectivity index (χ1v) is 6.07. The summed E-state index contributed by atoms with van der Waals surface area (Å²) in [4.78, 5) is 11.8. The maximum absolute atomic E-state index is 13.7. The summed E-state index contributed by atoms with van der Waals surface area (Å²) in [5.74, 6) is -0.643. The van der Waals surface area contributed by atoms with Gasteiger partial charge in [-0.05, 0) is 12.5 Å². The molecule has 1 unspecified atom stereocenters. The predicted molar refractivity (Wildman–Crippen MR) is 71.6 cm³/mol. The van der Waals surface area contributed by atoms with Crippen LogP contribution in [0.4, 0.5) is 4.39 Å². The highest BCUT2D eigenvalue weighted by molar-refractivity contribution is 5.98. The minimum Gasteiger partial charge on any atom is -0.337 e. The molecule has 2 rings (SSSR count). The number of hydrogen-bond donors (Lipinski definition) is 0. The Kier molecular flexibility index (Phi) is 4.42. The topological polar surface area (TPSA) is 26.3 Å². The zero-order valence-electron chi connectivity index (χ0n) is 10.7. The van der Waals surface area contributed by atoms with E-state index in [2.05, 4.69) is 0 Å². The van der Waals surface area contributed by atoms with E-state index in [0.29, 0.717) is 5.56 Å². The summed E-state index contributed by atoms with van der Waals surface area (Å²) in [7, 11) is 0. The molecule has 0 amide bonds. The van der Waals surface area contributed by atoms with E-state index in [1.165, 1.54) is 0 Å². The van der Waals surface area contributed by atoms with Gasteiger partial charge in [-0.25, -0.2) is 4.39 Å². The van der Waals surface area contributed by atoms with Crippen molar-refractivity contribution in [2.75, 3.05) is 0 Å². The number of halogens is 1. The van der Waals surface area contributed by atoms with Gasteiger partial charge in [0, 0.05) is 5.56 Å². The largest absolute Gasteiger partial charge is 0.337 e. The first kappa shape index (κ1) is 13.4. The molecule has 1 atom stereocenters. The zero-order valence-corrected chi connectivity index (χ0v) is 10.7. The average Bonchev–Trinajstić information content (AvgIpc) is 2.46. The molecule has 3 heteroatoms. The van der Waals surface area contributed by atoms with Crippen molar-refractivity contribution in [1.82, 2.24) is 0 Å². The molecule has 0 heterocycles. The van der Waals surface area contributed by atoms with Gasteiger partial charge in [-0.2, -0.15) is 0 Å². The van der Waals surface area contributed by atoms with Gasteiger partial charge in [0.2, 0.25) is 5.78 Å². The van der Waals surface area contributed by atoms with Crippen molar-refractivity contribution in [3.63, 3.8) is 0 Å². The fourth-order valence-electron chi connectivity index (χ4n) is 1.67. The number of benzene rings is 2. The average molecular weight is 258 g/mol. The number of rotatable bonds is 5. The smallest absolute Gasteiger partial charge is 0.263 e. The van der Waals surface area contributed by atoms with Crippen LogP contribution in [-0.2, 0) is 11.3 Å². The second kappa shape index (κ2) is 6.25. The number of carbonyl (C=O) groups excluding carboxylic acids is 1. The molecule has 0 aliphatic heterocycles. The first-order valence-electron chi connectivity index (χ1n) is 6.07. The van der Waals surface area contributed by atoms with E-state index < -0.39 is 12.1 Å². The molecule has 0 bridgehead atoms. The molecule has 0 spiro atoms. The van der Waals surface area contributed by atoms with E-state index in [1.54, 1.807) is 24.3 Å². The first-order chi connectivity index (χ1) is 9.16. The van der Waals surface area contributed by atoms with Crippen LogP contribution in [0.1, 0.15) is 21.5 Å². The molecule has 98 valence electrons. The Morgan fingerprint density at radius 3 is 2.37 bits per heavy atom. The van der Waals surface area contributed by atoms with Crippen LogP contribution in [0.3, 0.4) is 0 Å². The van der Waals surface area contributed by atoms with Crippen LogP contribution in [0.25, 0.3) is 0 Å². The molecular weight excluding hydrogens is 243 g/mol. The van der Waals surface area contributed by atoms with Crippen LogP contribution >= 0.6 is 0 Å². The summed E-state index contributed by atoms with van der Waals surface area (Å²) in [6.07, 6.45) is -1.93. The van der Waals surface area contributed by atoms with Crippen molar-refractivity contribution in [2.24, 2.45) is 0 Å². The second-order valence-electron chi connectivity index (χ2n) is 4.34. The minimum absolute atomic E-state index is 0.0829. The van der Waals surface area contributed by atoms with Gasteiger partial charge in [0.1, 0.15) is 0 Å². The van der Waals surface area contributed by atoms with Gasteiger partial charge < -0.3 is 4.74 Å². The Morgan fingerprint density at radius 2 is 1.74 bits per heavy atom. The standard InChI is InChI=1S/C16H15FO2/c1-12-7-9-14(10-8-12)15(18)16(17)19-11-13-5-3-2-4-6-13/h2-10,16H,11H2,1H3. The SMILES string of the molecule is Cc1ccc(C(=O)C(F)OCc2ccccc2)cc1. The summed E-state index contributed by atoms with van der Waals surface area (Å²) >= 11 is 0. The normalized spacial score (nSPS) is 12.1. The molecular formula is C16H15FO2. The third-order valence-electron chi connectivity index (χ3n) is 2.78. The summed E-state index contributed by atoms with van der Waals surface area (Å²) in [6, 6.07) is 16.0. The molecule has 0 saturated heterocycles. The fourth-order valence-corrected chi connectivity index (χ4v) is 1.67. The van der Waals surface area contributed by atoms with E-state index in [-0.39, 0.29) is 6.61 Å². The molecule has 2 aromatic carbocycles. The Hall–Kier alpha value is -2.00. The van der Waals surface area contributed by atoms with Gasteiger partial charge >= 0.3 is 0 Å². The number of ether oxygens (including phenoxy) is 1. The summed E-state index contributed by atoms with van der Waals surface area (Å²) in [6.45, 7) is 1.99. The van der Waals surface area contributed by atoms with E-state index in [0.717, 1.165) is 11.1 Å². The molecule has 2 nitrogen and oxygen atoms in total. The van der Waals surface area contributed by atoms with Crippen LogP contribution in [0.5, 0.6) is 0 Å². The summed E-state index contributed by atoms with van der Waals surface area (Å²) < 4.78 is 18.7. The zero-order chi connectivity index (χ0) is 13.7. The number of carbonyl (C=O) groups is 1. The van der Waals surface area contributed by atoms with Crippen LogP contribution in [0.15, 0.2) is 54.6 Å². The Labute approximate surface area is 111 Å². The highest BCUT2D eigenvalue weighted by Gasteiger charge is 2.19. The molecule has 2 aromatic rings. The molecule has 0 saturated carbocycles. The summed E-state index contributed by atoms with van der Waals surface area (Å²) in [5, 5.41) is 0. The van der Waals surface area contributed by atoms with E-state index >= 15 is 0 Å². The van der Waals surface area contributed by atoms with Crippen LogP contribution in [0.2, 0.25) is 0 Å². The van der Waals surface area contributed by atoms with Gasteiger partial charge in [0.25, 0.3) is 6.36 Å². The fraction of sp³-hybridized carbons (Fsp3) is 0.188. The molecule has 0 fully saturated rings. The summed E-state index contributed by atoms with van der Waals surface area (Å²) in [5.41, 5.74) is 2.19. The second-order valence-corrected chi connectivity index (χ2v) is 4.34. The van der Waals surface area contributed by atoms with Gasteiger partial charge in [-0.15, -0.1) is 0 Å². The predicted octanol–water partition coefficient (Wildman–Crippen LogP) is 3.69. The van der Waals surface area contributed by atoms with Gasteiger partial charge in [-0.3, -0.25) is 4.79 Å². The number of hydrogen-bond acceptors (Lipinski definition) is 2. The van der Waals surface area contributed by atoms with E-state index in [9.17, 15) is 9.18 Å². The van der Waals surface area contributed by atoms with Crippen molar-refractivity contribution >= 4 is 5.78 Å². The molecule has 0 N–H and O–H groups in total. The Morgan fingerprint density at radius 1 is 1.11 bits per heavy atom. The van der Waals surface area contributed by atoms with E-state index in [1.807, 2.05) is 37.3 Å². The maximum atomic E-state index is 13.7. The molecule has 0 radical (unpaired) electrons. The van der Waals surface area contributed by atoms with Crippen molar-refractivity contribution in [3.8, 4) is 0 Å². The molecule has 0 aromatic heterocycles. The molecule has 0 aliphatic carbocycles. The Balaban J connectivity index is 1.94. The lowest BCUT2D eigenvalue weighted by atomic mass is 10.1. The third-order valence-corrected chi connectivity index (χ3v) is 2.78. The lowest BCUT2D eigenvalue weighted by Gasteiger charge is -2.09. The van der Waals surface area contributed by atoms with Crippen LogP contribution in [0, 0.1) is 6.92 Å². The van der Waals surface area contributed by atoms with Crippen molar-refractivity contribution < 1.29 is 13.9 Å². The van der Waals surface area contributed by atoms with Crippen molar-refractivity contribution in [1.29, 1.82) is 0 Å². The molecule has 0 aliphatic rings. The lowest BCUT2D eigenvalue weighted by molar-refractivity contribution is -0.0294. The highest BCUT2D eigenvalue weighted by atomic mass is 19.1. The van der Waals surface area contributed by atoms with E-state index in [4.69, 9.17) is 4.74 Å². The van der Waals surface area contributed by atoms with Crippen molar-refractivity contribution in [2.45, 2.75) is 19.9 Å². The Bertz CT molecular complexity index is 534. The van der Waals surface area contributed by atoms with Crippen molar-refractivity contribution in [3.05, 3.63) is 71.3 Å². The highest BCUT2D eigenvalue weighted by Crippen LogP contribution is 2.11. The number of Topliss-reactive ketones (excluding diaryl/α,β-unsaturated/α-hetero) is 1. The quantitative estimate of drug-likeness (QED) is 0.764. The minimum atomic E-state index is -1.93. The third kappa shape index (κ3) is 3.73. The van der Waals surface area contributed by atoms with Gasteiger partial charge in [0.05, 0.1) is 6.61 Å². The van der Waals surface area contributed by atoms with Crippen LogP contribution < -0.4 is 0 Å². The van der Waals surface area contributed by atoms with Gasteiger partial charge in [-0.1, -0.05) is 60.2 Å². The number of alkyl halides is 1. The van der Waals surface area contributed by atoms with Crippen LogP contribution in [-0.4, -0.2) is 12.1 Å². The number of aryl methyl sites for hydroxylation is 1. The lowest BCUT2D eigenvalue weighted by Crippen LogP contribution is -2.19.